The zero-order valence-corrected chi connectivity index (χ0v) is 13.3. The molecule has 1 aliphatic carbocycles. The van der Waals surface area contributed by atoms with E-state index in [1.165, 1.54) is 6.42 Å². The second-order valence-corrected chi connectivity index (χ2v) is 8.01. The molecule has 0 aromatic heterocycles. The molecule has 2 N–H and O–H groups in total. The van der Waals surface area contributed by atoms with Gasteiger partial charge in [-0.05, 0) is 42.9 Å². The highest BCUT2D eigenvalue weighted by Crippen LogP contribution is 2.52. The third kappa shape index (κ3) is 2.54. The molecular formula is C16H30N2O. The predicted molar refractivity (Wildman–Crippen MR) is 78.7 cm³/mol. The van der Waals surface area contributed by atoms with Crippen molar-refractivity contribution in [1.82, 2.24) is 4.90 Å². The maximum atomic E-state index is 12.8. The summed E-state index contributed by atoms with van der Waals surface area (Å²) >= 11 is 0. The summed E-state index contributed by atoms with van der Waals surface area (Å²) in [4.78, 5) is 14.9. The normalized spacial score (nSPS) is 33.6. The molecule has 0 aromatic carbocycles. The highest BCUT2D eigenvalue weighted by atomic mass is 16.2. The molecule has 2 rings (SSSR count). The van der Waals surface area contributed by atoms with Crippen molar-refractivity contribution in [3.05, 3.63) is 0 Å². The van der Waals surface area contributed by atoms with Crippen molar-refractivity contribution in [2.24, 2.45) is 16.6 Å². The Balaban J connectivity index is 2.22. The molecule has 1 aliphatic heterocycles. The number of rotatable bonds is 3. The van der Waals surface area contributed by atoms with Gasteiger partial charge in [-0.15, -0.1) is 0 Å². The number of nitrogens with two attached hydrogens (primary N) is 1. The van der Waals surface area contributed by atoms with Gasteiger partial charge < -0.3 is 10.6 Å². The summed E-state index contributed by atoms with van der Waals surface area (Å²) in [7, 11) is 0. The Morgan fingerprint density at radius 3 is 2.37 bits per heavy atom. The van der Waals surface area contributed by atoms with Gasteiger partial charge in [0.2, 0.25) is 5.91 Å². The molecule has 1 amide bonds. The molecule has 19 heavy (non-hydrogen) atoms. The maximum Gasteiger partial charge on any atom is 0.242 e. The van der Waals surface area contributed by atoms with Crippen molar-refractivity contribution in [3.8, 4) is 0 Å². The summed E-state index contributed by atoms with van der Waals surface area (Å²) in [5, 5.41) is 0. The molecule has 0 radical (unpaired) electrons. The minimum atomic E-state index is -0.655. The SMILES string of the molecule is CCC(N)(CC)C(=O)N1CC2(C)CC1CC(C)(C)C2. The molecule has 2 bridgehead atoms. The van der Waals surface area contributed by atoms with Crippen LogP contribution in [-0.2, 0) is 4.79 Å². The molecule has 2 aliphatic rings. The fourth-order valence-corrected chi connectivity index (χ4v) is 4.54. The molecule has 3 heteroatoms. The van der Waals surface area contributed by atoms with Gasteiger partial charge in [0, 0.05) is 12.6 Å². The van der Waals surface area contributed by atoms with E-state index in [0.29, 0.717) is 16.9 Å². The maximum absolute atomic E-state index is 12.8. The topological polar surface area (TPSA) is 46.3 Å². The van der Waals surface area contributed by atoms with Crippen molar-refractivity contribution in [1.29, 1.82) is 0 Å². The molecule has 2 fully saturated rings. The zero-order chi connectivity index (χ0) is 14.5. The van der Waals surface area contributed by atoms with Crippen molar-refractivity contribution >= 4 is 5.91 Å². The summed E-state index contributed by atoms with van der Waals surface area (Å²) in [6.07, 6.45) is 4.96. The second kappa shape index (κ2) is 4.47. The number of hydrogen-bond donors (Lipinski definition) is 1. The van der Waals surface area contributed by atoms with Crippen LogP contribution in [0.1, 0.15) is 66.7 Å². The first-order valence-electron chi connectivity index (χ1n) is 7.75. The average Bonchev–Trinajstić information content (AvgIpc) is 2.56. The van der Waals surface area contributed by atoms with Crippen molar-refractivity contribution in [3.63, 3.8) is 0 Å². The minimum absolute atomic E-state index is 0.184. The number of nitrogens with zero attached hydrogens (tertiary/aromatic N) is 1. The third-order valence-corrected chi connectivity index (χ3v) is 5.36. The summed E-state index contributed by atoms with van der Waals surface area (Å²) in [5.74, 6) is 0.184. The summed E-state index contributed by atoms with van der Waals surface area (Å²) in [6.45, 7) is 12.0. The van der Waals surface area contributed by atoms with E-state index >= 15 is 0 Å². The smallest absolute Gasteiger partial charge is 0.242 e. The molecule has 2 atom stereocenters. The second-order valence-electron chi connectivity index (χ2n) is 8.01. The lowest BCUT2D eigenvalue weighted by atomic mass is 9.65. The highest BCUT2D eigenvalue weighted by Gasteiger charge is 2.52. The van der Waals surface area contributed by atoms with Crippen LogP contribution in [0.15, 0.2) is 0 Å². The monoisotopic (exact) mass is 266 g/mol. The number of hydrogen-bond acceptors (Lipinski definition) is 2. The summed E-state index contributed by atoms with van der Waals surface area (Å²) in [5.41, 5.74) is 6.31. The van der Waals surface area contributed by atoms with Gasteiger partial charge in [0.1, 0.15) is 0 Å². The first kappa shape index (κ1) is 14.8. The number of likely N-dealkylation sites (tertiary alicyclic amines) is 1. The lowest BCUT2D eigenvalue weighted by Gasteiger charge is -2.40. The Morgan fingerprint density at radius 1 is 1.26 bits per heavy atom. The lowest BCUT2D eigenvalue weighted by Crippen LogP contribution is -2.56. The van der Waals surface area contributed by atoms with Crippen molar-refractivity contribution in [2.45, 2.75) is 78.3 Å². The molecule has 3 nitrogen and oxygen atoms in total. The van der Waals surface area contributed by atoms with Crippen LogP contribution >= 0.6 is 0 Å². The van der Waals surface area contributed by atoms with E-state index in [9.17, 15) is 4.79 Å². The van der Waals surface area contributed by atoms with E-state index in [1.807, 2.05) is 13.8 Å². The first-order valence-corrected chi connectivity index (χ1v) is 7.75. The quantitative estimate of drug-likeness (QED) is 0.853. The number of amides is 1. The lowest BCUT2D eigenvalue weighted by molar-refractivity contribution is -0.138. The Bertz CT molecular complexity index is 373. The largest absolute Gasteiger partial charge is 0.338 e. The van der Waals surface area contributed by atoms with Crippen molar-refractivity contribution < 1.29 is 4.79 Å². The fourth-order valence-electron chi connectivity index (χ4n) is 4.54. The molecule has 1 saturated carbocycles. The molecule has 1 heterocycles. The predicted octanol–water partition coefficient (Wildman–Crippen LogP) is 2.93. The van der Waals surface area contributed by atoms with Gasteiger partial charge in [-0.3, -0.25) is 4.79 Å². The molecule has 0 aromatic rings. The van der Waals surface area contributed by atoms with Crippen LogP contribution in [0, 0.1) is 10.8 Å². The van der Waals surface area contributed by atoms with Crippen LogP contribution in [0.3, 0.4) is 0 Å². The van der Waals surface area contributed by atoms with E-state index in [0.717, 1.165) is 32.2 Å². The van der Waals surface area contributed by atoms with Crippen LogP contribution < -0.4 is 5.73 Å². The van der Waals surface area contributed by atoms with Gasteiger partial charge in [-0.2, -0.15) is 0 Å². The Kier molecular flexibility index (Phi) is 3.49. The van der Waals surface area contributed by atoms with E-state index < -0.39 is 5.54 Å². The molecule has 0 spiro atoms. The van der Waals surface area contributed by atoms with Crippen LogP contribution in [0.2, 0.25) is 0 Å². The van der Waals surface area contributed by atoms with E-state index in [-0.39, 0.29) is 5.91 Å². The number of fused-ring (bicyclic) bond motifs is 2. The molecular weight excluding hydrogens is 236 g/mol. The van der Waals surface area contributed by atoms with Gasteiger partial charge in [-0.1, -0.05) is 34.6 Å². The van der Waals surface area contributed by atoms with Gasteiger partial charge in [0.05, 0.1) is 5.54 Å². The van der Waals surface area contributed by atoms with Crippen LogP contribution in [-0.4, -0.2) is 28.9 Å². The van der Waals surface area contributed by atoms with Crippen LogP contribution in [0.5, 0.6) is 0 Å². The van der Waals surface area contributed by atoms with Gasteiger partial charge in [-0.25, -0.2) is 0 Å². The van der Waals surface area contributed by atoms with E-state index in [2.05, 4.69) is 25.7 Å². The minimum Gasteiger partial charge on any atom is -0.338 e. The Morgan fingerprint density at radius 2 is 1.84 bits per heavy atom. The van der Waals surface area contributed by atoms with Crippen molar-refractivity contribution in [2.75, 3.05) is 6.54 Å². The zero-order valence-electron chi connectivity index (χ0n) is 13.3. The fraction of sp³-hybridized carbons (Fsp3) is 0.938. The summed E-state index contributed by atoms with van der Waals surface area (Å²) in [6, 6.07) is 0.405. The van der Waals surface area contributed by atoms with Gasteiger partial charge >= 0.3 is 0 Å². The molecule has 2 unspecified atom stereocenters. The van der Waals surface area contributed by atoms with Crippen LogP contribution in [0.4, 0.5) is 0 Å². The Labute approximate surface area is 117 Å². The Hall–Kier alpha value is -0.570. The van der Waals surface area contributed by atoms with Crippen LogP contribution in [0.25, 0.3) is 0 Å². The number of carbonyl (C=O) groups is 1. The average molecular weight is 266 g/mol. The van der Waals surface area contributed by atoms with Gasteiger partial charge in [0.15, 0.2) is 0 Å². The van der Waals surface area contributed by atoms with E-state index in [1.54, 1.807) is 0 Å². The third-order valence-electron chi connectivity index (χ3n) is 5.36. The van der Waals surface area contributed by atoms with E-state index in [4.69, 9.17) is 5.73 Å². The standard InChI is InChI=1S/C16H30N2O/c1-6-16(17,7-2)13(19)18-11-15(5)9-12(18)8-14(3,4)10-15/h12H,6-11,17H2,1-5H3. The first-order chi connectivity index (χ1) is 8.65. The number of carbonyl (C=O) groups excluding carboxylic acids is 1. The summed E-state index contributed by atoms with van der Waals surface area (Å²) < 4.78 is 0. The molecule has 110 valence electrons. The highest BCUT2D eigenvalue weighted by molar-refractivity contribution is 5.86. The van der Waals surface area contributed by atoms with Gasteiger partial charge in [0.25, 0.3) is 0 Å². The molecule has 1 saturated heterocycles.